The van der Waals surface area contributed by atoms with Gasteiger partial charge in [-0.3, -0.25) is 0 Å². The Hall–Kier alpha value is -0.670. The molecule has 2 aromatic heterocycles. The second kappa shape index (κ2) is 10.2. The second-order valence-electron chi connectivity index (χ2n) is 4.85. The molecular weight excluding hydrogens is 427 g/mol. The number of hydrogen-bond acceptors (Lipinski definition) is 4. The third-order valence-corrected chi connectivity index (χ3v) is 5.20. The molecule has 0 saturated heterocycles. The van der Waals surface area contributed by atoms with Gasteiger partial charge in [-0.2, -0.15) is 0 Å². The number of aromatic nitrogens is 1. The molecule has 7 heteroatoms. The summed E-state index contributed by atoms with van der Waals surface area (Å²) in [7, 11) is 0. The number of aliphatic imine (C=N–C) groups is 1. The van der Waals surface area contributed by atoms with Crippen LogP contribution in [0.3, 0.4) is 0 Å². The van der Waals surface area contributed by atoms with Gasteiger partial charge in [0.15, 0.2) is 5.96 Å². The second-order valence-corrected chi connectivity index (χ2v) is 6.77. The van der Waals surface area contributed by atoms with E-state index in [9.17, 15) is 0 Å². The van der Waals surface area contributed by atoms with Crippen LogP contribution in [-0.2, 0) is 6.54 Å². The Morgan fingerprint density at radius 3 is 2.77 bits per heavy atom. The molecule has 0 bridgehead atoms. The summed E-state index contributed by atoms with van der Waals surface area (Å²) >= 11 is 3.46. The zero-order chi connectivity index (χ0) is 15.1. The molecule has 0 radical (unpaired) electrons. The van der Waals surface area contributed by atoms with E-state index in [2.05, 4.69) is 52.0 Å². The van der Waals surface area contributed by atoms with Crippen molar-refractivity contribution in [2.24, 2.45) is 4.99 Å². The van der Waals surface area contributed by atoms with Gasteiger partial charge in [-0.25, -0.2) is 9.98 Å². The molecule has 22 heavy (non-hydrogen) atoms. The normalized spacial score (nSPS) is 12.6. The predicted octanol–water partition coefficient (Wildman–Crippen LogP) is 3.99. The summed E-state index contributed by atoms with van der Waals surface area (Å²) in [5.41, 5.74) is 2.95. The van der Waals surface area contributed by atoms with Gasteiger partial charge in [0.05, 0.1) is 17.7 Å². The number of thiazole rings is 1. The van der Waals surface area contributed by atoms with Crippen LogP contribution in [0.1, 0.15) is 35.2 Å². The molecule has 4 nitrogen and oxygen atoms in total. The molecule has 0 saturated carbocycles. The lowest BCUT2D eigenvalue weighted by molar-refractivity contribution is 0.709. The fraction of sp³-hybridized carbons (Fsp3) is 0.467. The van der Waals surface area contributed by atoms with E-state index in [-0.39, 0.29) is 24.0 Å². The van der Waals surface area contributed by atoms with Crippen LogP contribution in [0.4, 0.5) is 0 Å². The van der Waals surface area contributed by atoms with Crippen LogP contribution in [0.25, 0.3) is 0 Å². The highest BCUT2D eigenvalue weighted by molar-refractivity contribution is 14.0. The Kier molecular flexibility index (Phi) is 8.96. The van der Waals surface area contributed by atoms with Gasteiger partial charge < -0.3 is 10.6 Å². The zero-order valence-corrected chi connectivity index (χ0v) is 17.1. The first-order chi connectivity index (χ1) is 10.2. The maximum atomic E-state index is 4.64. The van der Waals surface area contributed by atoms with Gasteiger partial charge in [0.25, 0.3) is 0 Å². The average molecular weight is 450 g/mol. The summed E-state index contributed by atoms with van der Waals surface area (Å²) in [6.07, 6.45) is 0. The van der Waals surface area contributed by atoms with Crippen LogP contribution in [0.2, 0.25) is 0 Å². The number of nitrogens with one attached hydrogen (secondary N) is 2. The summed E-state index contributed by atoms with van der Waals surface area (Å²) in [6, 6.07) is 4.28. The van der Waals surface area contributed by atoms with E-state index in [1.54, 1.807) is 22.7 Å². The lowest BCUT2D eigenvalue weighted by Crippen LogP contribution is -2.39. The molecule has 1 unspecified atom stereocenters. The highest BCUT2D eigenvalue weighted by atomic mass is 127. The van der Waals surface area contributed by atoms with Crippen LogP contribution >= 0.6 is 46.7 Å². The Bertz CT molecular complexity index is 566. The summed E-state index contributed by atoms with van der Waals surface area (Å²) in [4.78, 5) is 11.5. The van der Waals surface area contributed by atoms with Gasteiger partial charge >= 0.3 is 0 Å². The Balaban J connectivity index is 0.00000242. The number of rotatable bonds is 6. The molecule has 2 N–H and O–H groups in total. The monoisotopic (exact) mass is 450 g/mol. The van der Waals surface area contributed by atoms with Gasteiger partial charge in [0.2, 0.25) is 0 Å². The minimum absolute atomic E-state index is 0. The SMILES string of the molecule is CCNC(=NCc1scnc1C)NCC(C)c1cccs1.I. The van der Waals surface area contributed by atoms with Crippen LogP contribution in [0.15, 0.2) is 28.0 Å². The minimum atomic E-state index is 0. The van der Waals surface area contributed by atoms with Crippen LogP contribution in [0.5, 0.6) is 0 Å². The summed E-state index contributed by atoms with van der Waals surface area (Å²) in [5, 5.41) is 8.83. The fourth-order valence-electron chi connectivity index (χ4n) is 1.89. The maximum absolute atomic E-state index is 4.64. The van der Waals surface area contributed by atoms with Crippen molar-refractivity contribution in [1.82, 2.24) is 15.6 Å². The molecule has 0 aromatic carbocycles. The average Bonchev–Trinajstić information content (AvgIpc) is 3.13. The molecule has 0 aliphatic heterocycles. The van der Waals surface area contributed by atoms with Crippen molar-refractivity contribution < 1.29 is 0 Å². The van der Waals surface area contributed by atoms with E-state index in [1.165, 1.54) is 9.75 Å². The van der Waals surface area contributed by atoms with Gasteiger partial charge in [0, 0.05) is 28.8 Å². The minimum Gasteiger partial charge on any atom is -0.357 e. The van der Waals surface area contributed by atoms with Gasteiger partial charge in [-0.1, -0.05) is 13.0 Å². The van der Waals surface area contributed by atoms with Crippen molar-refractivity contribution in [1.29, 1.82) is 0 Å². The highest BCUT2D eigenvalue weighted by Gasteiger charge is 2.08. The number of nitrogens with zero attached hydrogens (tertiary/aromatic N) is 2. The summed E-state index contributed by atoms with van der Waals surface area (Å²) < 4.78 is 0. The first-order valence-electron chi connectivity index (χ1n) is 7.15. The number of aryl methyl sites for hydroxylation is 1. The number of guanidine groups is 1. The zero-order valence-electron chi connectivity index (χ0n) is 13.1. The molecular formula is C15H23IN4S2. The van der Waals surface area contributed by atoms with E-state index < -0.39 is 0 Å². The third-order valence-electron chi connectivity index (χ3n) is 3.17. The van der Waals surface area contributed by atoms with E-state index in [4.69, 9.17) is 0 Å². The molecule has 2 heterocycles. The lowest BCUT2D eigenvalue weighted by atomic mass is 10.1. The molecule has 2 rings (SSSR count). The largest absolute Gasteiger partial charge is 0.357 e. The maximum Gasteiger partial charge on any atom is 0.191 e. The van der Waals surface area contributed by atoms with Crippen LogP contribution in [0, 0.1) is 6.92 Å². The van der Waals surface area contributed by atoms with Gasteiger partial charge in [0.1, 0.15) is 0 Å². The Labute approximate surface area is 157 Å². The fourth-order valence-corrected chi connectivity index (χ4v) is 3.38. The predicted molar refractivity (Wildman–Crippen MR) is 108 cm³/mol. The van der Waals surface area contributed by atoms with Crippen molar-refractivity contribution >= 4 is 52.6 Å². The molecule has 0 fully saturated rings. The molecule has 122 valence electrons. The molecule has 0 aliphatic carbocycles. The first kappa shape index (κ1) is 19.4. The third kappa shape index (κ3) is 5.85. The summed E-state index contributed by atoms with van der Waals surface area (Å²) in [5.74, 6) is 1.35. The standard InChI is InChI=1S/C15H22N4S2.HI/c1-4-16-15(18-9-14-12(3)19-10-21-14)17-8-11(2)13-6-5-7-20-13;/h5-7,10-11H,4,8-9H2,1-3H3,(H2,16,17,18);1H. The molecule has 1 atom stereocenters. The lowest BCUT2D eigenvalue weighted by Gasteiger charge is -2.14. The van der Waals surface area contributed by atoms with Crippen molar-refractivity contribution in [3.05, 3.63) is 38.5 Å². The molecule has 2 aromatic rings. The van der Waals surface area contributed by atoms with Gasteiger partial charge in [-0.15, -0.1) is 46.7 Å². The molecule has 0 amide bonds. The number of halogens is 1. The van der Waals surface area contributed by atoms with Crippen molar-refractivity contribution in [3.8, 4) is 0 Å². The molecule has 0 aliphatic rings. The number of thiophene rings is 1. The van der Waals surface area contributed by atoms with E-state index in [1.807, 2.05) is 12.4 Å². The van der Waals surface area contributed by atoms with Crippen molar-refractivity contribution in [2.45, 2.75) is 33.2 Å². The van der Waals surface area contributed by atoms with Crippen LogP contribution in [-0.4, -0.2) is 24.0 Å². The molecule has 0 spiro atoms. The number of hydrogen-bond donors (Lipinski definition) is 2. The smallest absolute Gasteiger partial charge is 0.191 e. The quantitative estimate of drug-likeness (QED) is 0.398. The summed E-state index contributed by atoms with van der Waals surface area (Å²) in [6.45, 7) is 8.77. The Morgan fingerprint density at radius 2 is 2.18 bits per heavy atom. The highest BCUT2D eigenvalue weighted by Crippen LogP contribution is 2.19. The van der Waals surface area contributed by atoms with E-state index >= 15 is 0 Å². The first-order valence-corrected chi connectivity index (χ1v) is 8.91. The Morgan fingerprint density at radius 1 is 1.36 bits per heavy atom. The van der Waals surface area contributed by atoms with Crippen molar-refractivity contribution in [3.63, 3.8) is 0 Å². The van der Waals surface area contributed by atoms with E-state index in [0.29, 0.717) is 12.5 Å². The van der Waals surface area contributed by atoms with Crippen LogP contribution < -0.4 is 10.6 Å². The van der Waals surface area contributed by atoms with E-state index in [0.717, 1.165) is 24.7 Å². The van der Waals surface area contributed by atoms with Gasteiger partial charge in [-0.05, 0) is 25.3 Å². The topological polar surface area (TPSA) is 49.3 Å². The van der Waals surface area contributed by atoms with Crippen molar-refractivity contribution in [2.75, 3.05) is 13.1 Å².